The Balaban J connectivity index is 2.05. The minimum absolute atomic E-state index is 0.0201. The molecule has 3 nitrogen and oxygen atoms in total. The van der Waals surface area contributed by atoms with E-state index >= 15 is 0 Å². The zero-order valence-corrected chi connectivity index (χ0v) is 12.7. The molecule has 0 fully saturated rings. The van der Waals surface area contributed by atoms with E-state index < -0.39 is 5.97 Å². The highest BCUT2D eigenvalue weighted by molar-refractivity contribution is 5.98. The summed E-state index contributed by atoms with van der Waals surface area (Å²) >= 11 is 0. The third-order valence-corrected chi connectivity index (χ3v) is 3.45. The molecule has 0 aromatic heterocycles. The topological polar surface area (TPSA) is 43.4 Å². The van der Waals surface area contributed by atoms with Crippen molar-refractivity contribution in [1.82, 2.24) is 0 Å². The highest BCUT2D eigenvalue weighted by Gasteiger charge is 2.08. The summed E-state index contributed by atoms with van der Waals surface area (Å²) in [4.78, 5) is 23.5. The highest BCUT2D eigenvalue weighted by atomic mass is 16.5. The first kappa shape index (κ1) is 15.7. The first-order chi connectivity index (χ1) is 10.6. The second-order valence-corrected chi connectivity index (χ2v) is 4.95. The molecule has 2 aromatic rings. The average Bonchev–Trinajstić information content (AvgIpc) is 2.59. The van der Waals surface area contributed by atoms with Crippen LogP contribution in [-0.4, -0.2) is 18.9 Å². The summed E-state index contributed by atoms with van der Waals surface area (Å²) in [5, 5.41) is 0. The highest BCUT2D eigenvalue weighted by Crippen LogP contribution is 2.15. The van der Waals surface area contributed by atoms with Crippen LogP contribution in [0, 0.1) is 0 Å². The Morgan fingerprint density at radius 1 is 0.909 bits per heavy atom. The molecule has 0 saturated carbocycles. The van der Waals surface area contributed by atoms with Gasteiger partial charge >= 0.3 is 5.97 Å². The van der Waals surface area contributed by atoms with Crippen LogP contribution in [0.1, 0.15) is 39.6 Å². The molecule has 2 rings (SSSR count). The van der Waals surface area contributed by atoms with Crippen LogP contribution in [0.25, 0.3) is 5.57 Å². The average molecular weight is 294 g/mol. The molecule has 112 valence electrons. The van der Waals surface area contributed by atoms with E-state index in [4.69, 9.17) is 0 Å². The van der Waals surface area contributed by atoms with Gasteiger partial charge in [-0.15, -0.1) is 0 Å². The third kappa shape index (κ3) is 3.92. The lowest BCUT2D eigenvalue weighted by Crippen LogP contribution is -2.03. The van der Waals surface area contributed by atoms with Crippen LogP contribution in [0.4, 0.5) is 0 Å². The Morgan fingerprint density at radius 2 is 1.50 bits per heavy atom. The molecule has 0 amide bonds. The van der Waals surface area contributed by atoms with E-state index in [0.29, 0.717) is 17.5 Å². The summed E-state index contributed by atoms with van der Waals surface area (Å²) in [5.41, 5.74) is 3.20. The number of ketones is 1. The van der Waals surface area contributed by atoms with Crippen LogP contribution >= 0.6 is 0 Å². The molecule has 0 aliphatic carbocycles. The largest absolute Gasteiger partial charge is 0.465 e. The van der Waals surface area contributed by atoms with E-state index in [2.05, 4.69) is 4.74 Å². The number of benzene rings is 2. The van der Waals surface area contributed by atoms with Crippen LogP contribution < -0.4 is 0 Å². The molecule has 0 atom stereocenters. The predicted octanol–water partition coefficient (Wildman–Crippen LogP) is 4.15. The van der Waals surface area contributed by atoms with E-state index in [0.717, 1.165) is 11.1 Å². The number of carbonyl (C=O) groups is 2. The Hall–Kier alpha value is -2.68. The Morgan fingerprint density at radius 3 is 2.09 bits per heavy atom. The Kier molecular flexibility index (Phi) is 5.26. The number of Topliss-reactive ketones (excluding diaryl/α,β-unsaturated/α-hetero) is 1. The van der Waals surface area contributed by atoms with E-state index in [9.17, 15) is 9.59 Å². The second-order valence-electron chi connectivity index (χ2n) is 4.95. The molecule has 22 heavy (non-hydrogen) atoms. The molecule has 0 saturated heterocycles. The molecule has 0 spiro atoms. The smallest absolute Gasteiger partial charge is 0.337 e. The van der Waals surface area contributed by atoms with Gasteiger partial charge in [0.25, 0.3) is 0 Å². The third-order valence-electron chi connectivity index (χ3n) is 3.45. The lowest BCUT2D eigenvalue weighted by atomic mass is 10.0. The van der Waals surface area contributed by atoms with E-state index in [1.165, 1.54) is 7.11 Å². The Labute approximate surface area is 130 Å². The van der Waals surface area contributed by atoms with Crippen molar-refractivity contribution in [3.05, 3.63) is 77.4 Å². The first-order valence-corrected chi connectivity index (χ1v) is 7.05. The van der Waals surface area contributed by atoms with Crippen molar-refractivity contribution in [3.63, 3.8) is 0 Å². The van der Waals surface area contributed by atoms with Crippen LogP contribution in [0.15, 0.2) is 60.7 Å². The molecule has 0 unspecified atom stereocenters. The summed E-state index contributed by atoms with van der Waals surface area (Å²) in [6.07, 6.45) is 2.25. The van der Waals surface area contributed by atoms with Gasteiger partial charge in [0.05, 0.1) is 12.7 Å². The van der Waals surface area contributed by atoms with E-state index in [1.807, 2.05) is 43.3 Å². The van der Waals surface area contributed by atoms with Crippen molar-refractivity contribution in [2.75, 3.05) is 7.11 Å². The zero-order valence-electron chi connectivity index (χ0n) is 12.7. The summed E-state index contributed by atoms with van der Waals surface area (Å²) in [6.45, 7) is 1.99. The minimum atomic E-state index is -0.404. The number of ether oxygens (including phenoxy) is 1. The molecule has 0 N–H and O–H groups in total. The number of allylic oxidation sites excluding steroid dienone is 2. The van der Waals surface area contributed by atoms with Gasteiger partial charge in [-0.05, 0) is 30.2 Å². The summed E-state index contributed by atoms with van der Waals surface area (Å²) in [6, 6.07) is 16.5. The van der Waals surface area contributed by atoms with Crippen molar-refractivity contribution in [2.24, 2.45) is 0 Å². The van der Waals surface area contributed by atoms with Crippen molar-refractivity contribution in [2.45, 2.75) is 13.3 Å². The normalized spacial score (nSPS) is 11.1. The molecule has 2 aromatic carbocycles. The second kappa shape index (κ2) is 7.36. The van der Waals surface area contributed by atoms with Gasteiger partial charge in [-0.1, -0.05) is 48.5 Å². The molecule has 0 aliphatic heterocycles. The lowest BCUT2D eigenvalue weighted by Gasteiger charge is -2.03. The van der Waals surface area contributed by atoms with Gasteiger partial charge in [0, 0.05) is 12.0 Å². The van der Waals surface area contributed by atoms with Crippen LogP contribution in [0.3, 0.4) is 0 Å². The maximum absolute atomic E-state index is 12.2. The monoisotopic (exact) mass is 294 g/mol. The fourth-order valence-corrected chi connectivity index (χ4v) is 2.09. The molecular formula is C19H18O3. The summed E-state index contributed by atoms with van der Waals surface area (Å²) in [5.74, 6) is -0.384. The van der Waals surface area contributed by atoms with Crippen LogP contribution in [0.2, 0.25) is 0 Å². The van der Waals surface area contributed by atoms with Gasteiger partial charge in [0.15, 0.2) is 5.78 Å². The summed E-state index contributed by atoms with van der Waals surface area (Å²) < 4.78 is 4.63. The molecule has 0 heterocycles. The maximum Gasteiger partial charge on any atom is 0.337 e. The quantitative estimate of drug-likeness (QED) is 0.614. The lowest BCUT2D eigenvalue weighted by molar-refractivity contribution is 0.0600. The molecule has 0 bridgehead atoms. The minimum Gasteiger partial charge on any atom is -0.465 e. The fourth-order valence-electron chi connectivity index (χ4n) is 2.09. The number of rotatable bonds is 5. The van der Waals surface area contributed by atoms with Gasteiger partial charge in [0.2, 0.25) is 0 Å². The zero-order chi connectivity index (χ0) is 15.9. The van der Waals surface area contributed by atoms with Gasteiger partial charge in [0.1, 0.15) is 0 Å². The fraction of sp³-hybridized carbons (Fsp3) is 0.158. The van der Waals surface area contributed by atoms with Crippen LogP contribution in [-0.2, 0) is 4.74 Å². The number of hydrogen-bond donors (Lipinski definition) is 0. The van der Waals surface area contributed by atoms with Gasteiger partial charge in [-0.2, -0.15) is 0 Å². The van der Waals surface area contributed by atoms with Crippen molar-refractivity contribution < 1.29 is 14.3 Å². The van der Waals surface area contributed by atoms with Crippen molar-refractivity contribution >= 4 is 17.3 Å². The van der Waals surface area contributed by atoms with Gasteiger partial charge in [-0.3, -0.25) is 4.79 Å². The van der Waals surface area contributed by atoms with Gasteiger partial charge in [-0.25, -0.2) is 4.79 Å². The predicted molar refractivity (Wildman–Crippen MR) is 86.8 cm³/mol. The number of hydrogen-bond acceptors (Lipinski definition) is 3. The van der Waals surface area contributed by atoms with Gasteiger partial charge < -0.3 is 4.74 Å². The number of carbonyl (C=O) groups excluding carboxylic acids is 2. The summed E-state index contributed by atoms with van der Waals surface area (Å²) in [7, 11) is 1.33. The standard InChI is InChI=1S/C19H18O3/c1-14(15-6-4-3-5-7-15)8-13-18(20)16-9-11-17(12-10-16)19(21)22-2/h3-12H,13H2,1-2H3/b14-8-. The van der Waals surface area contributed by atoms with Crippen molar-refractivity contribution in [3.8, 4) is 0 Å². The molecule has 0 radical (unpaired) electrons. The van der Waals surface area contributed by atoms with Crippen LogP contribution in [0.5, 0.6) is 0 Å². The molecular weight excluding hydrogens is 276 g/mol. The van der Waals surface area contributed by atoms with Crippen molar-refractivity contribution in [1.29, 1.82) is 0 Å². The molecule has 0 aliphatic rings. The van der Waals surface area contributed by atoms with E-state index in [-0.39, 0.29) is 5.78 Å². The van der Waals surface area contributed by atoms with E-state index in [1.54, 1.807) is 24.3 Å². The first-order valence-electron chi connectivity index (χ1n) is 7.05. The Bertz CT molecular complexity index is 682. The molecule has 3 heteroatoms. The number of methoxy groups -OCH3 is 1. The maximum atomic E-state index is 12.2. The SMILES string of the molecule is COC(=O)c1ccc(C(=O)C/C=C(/C)c2ccccc2)cc1. The number of esters is 1.